The van der Waals surface area contributed by atoms with Gasteiger partial charge in [-0.3, -0.25) is 0 Å². The van der Waals surface area contributed by atoms with Gasteiger partial charge >= 0.3 is 0 Å². The van der Waals surface area contributed by atoms with Gasteiger partial charge in [-0.1, -0.05) is 27.7 Å². The minimum absolute atomic E-state index is 0.304. The SMILES string of the molecule is COC1(OC)CC(C)(C(C)(C)C)C1. The first kappa shape index (κ1) is 11.0. The molecule has 13 heavy (non-hydrogen) atoms. The average Bonchev–Trinajstić information content (AvgIpc) is 1.96. The number of hydrogen-bond acceptors (Lipinski definition) is 2. The zero-order valence-corrected chi connectivity index (χ0v) is 9.73. The van der Waals surface area contributed by atoms with Gasteiger partial charge in [-0.05, 0) is 10.8 Å². The monoisotopic (exact) mass is 186 g/mol. The summed E-state index contributed by atoms with van der Waals surface area (Å²) in [6.45, 7) is 9.15. The van der Waals surface area contributed by atoms with Crippen molar-refractivity contribution in [3.63, 3.8) is 0 Å². The molecule has 78 valence electrons. The van der Waals surface area contributed by atoms with Gasteiger partial charge in [0.15, 0.2) is 5.79 Å². The topological polar surface area (TPSA) is 18.5 Å². The summed E-state index contributed by atoms with van der Waals surface area (Å²) >= 11 is 0. The van der Waals surface area contributed by atoms with Gasteiger partial charge in [0.1, 0.15) is 0 Å². The van der Waals surface area contributed by atoms with Crippen molar-refractivity contribution in [2.24, 2.45) is 10.8 Å². The molecule has 0 aliphatic heterocycles. The van der Waals surface area contributed by atoms with Gasteiger partial charge in [0.05, 0.1) is 0 Å². The van der Waals surface area contributed by atoms with E-state index >= 15 is 0 Å². The maximum absolute atomic E-state index is 5.39. The molecule has 2 nitrogen and oxygen atoms in total. The van der Waals surface area contributed by atoms with Gasteiger partial charge in [0.25, 0.3) is 0 Å². The third-order valence-corrected chi connectivity index (χ3v) is 3.87. The summed E-state index contributed by atoms with van der Waals surface area (Å²) in [5.74, 6) is -0.304. The fourth-order valence-electron chi connectivity index (χ4n) is 2.04. The van der Waals surface area contributed by atoms with Crippen LogP contribution in [0.1, 0.15) is 40.5 Å². The van der Waals surface area contributed by atoms with Crippen molar-refractivity contribution in [2.45, 2.75) is 46.3 Å². The second kappa shape index (κ2) is 2.96. The Hall–Kier alpha value is -0.0800. The zero-order chi connectivity index (χ0) is 10.3. The van der Waals surface area contributed by atoms with Crippen molar-refractivity contribution < 1.29 is 9.47 Å². The van der Waals surface area contributed by atoms with Crippen LogP contribution in [0.25, 0.3) is 0 Å². The van der Waals surface area contributed by atoms with Crippen molar-refractivity contribution in [2.75, 3.05) is 14.2 Å². The molecule has 1 aliphatic carbocycles. The number of hydrogen-bond donors (Lipinski definition) is 0. The molecule has 0 aromatic rings. The van der Waals surface area contributed by atoms with E-state index in [4.69, 9.17) is 9.47 Å². The fraction of sp³-hybridized carbons (Fsp3) is 1.00. The molecule has 0 saturated heterocycles. The Morgan fingerprint density at radius 2 is 1.38 bits per heavy atom. The van der Waals surface area contributed by atoms with E-state index in [0.29, 0.717) is 10.8 Å². The van der Waals surface area contributed by atoms with E-state index in [0.717, 1.165) is 12.8 Å². The molecule has 0 aromatic carbocycles. The Morgan fingerprint density at radius 1 is 1.00 bits per heavy atom. The van der Waals surface area contributed by atoms with Crippen LogP contribution in [-0.4, -0.2) is 20.0 Å². The Balaban J connectivity index is 2.65. The first-order valence-corrected chi connectivity index (χ1v) is 4.89. The van der Waals surface area contributed by atoms with Crippen molar-refractivity contribution in [3.05, 3.63) is 0 Å². The van der Waals surface area contributed by atoms with E-state index in [-0.39, 0.29) is 5.79 Å². The van der Waals surface area contributed by atoms with E-state index in [9.17, 15) is 0 Å². The highest BCUT2D eigenvalue weighted by molar-refractivity contribution is 5.03. The summed E-state index contributed by atoms with van der Waals surface area (Å²) in [5, 5.41) is 0. The Morgan fingerprint density at radius 3 is 1.62 bits per heavy atom. The van der Waals surface area contributed by atoms with Crippen LogP contribution >= 0.6 is 0 Å². The molecule has 0 atom stereocenters. The van der Waals surface area contributed by atoms with Crippen LogP contribution in [0, 0.1) is 10.8 Å². The molecule has 2 heteroatoms. The second-order valence-corrected chi connectivity index (χ2v) is 5.48. The third-order valence-electron chi connectivity index (χ3n) is 3.87. The second-order valence-electron chi connectivity index (χ2n) is 5.48. The summed E-state index contributed by atoms with van der Waals surface area (Å²) in [6, 6.07) is 0. The van der Waals surface area contributed by atoms with Gasteiger partial charge in [-0.15, -0.1) is 0 Å². The summed E-state index contributed by atoms with van der Waals surface area (Å²) in [4.78, 5) is 0. The molecule has 1 saturated carbocycles. The largest absolute Gasteiger partial charge is 0.353 e. The highest BCUT2D eigenvalue weighted by Gasteiger charge is 2.57. The number of ether oxygens (including phenoxy) is 2. The van der Waals surface area contributed by atoms with Crippen molar-refractivity contribution in [3.8, 4) is 0 Å². The highest BCUT2D eigenvalue weighted by Crippen LogP contribution is 2.59. The molecule has 0 unspecified atom stereocenters. The fourth-order valence-corrected chi connectivity index (χ4v) is 2.04. The van der Waals surface area contributed by atoms with E-state index in [2.05, 4.69) is 27.7 Å². The van der Waals surface area contributed by atoms with Crippen LogP contribution < -0.4 is 0 Å². The van der Waals surface area contributed by atoms with Crippen LogP contribution in [0.3, 0.4) is 0 Å². The van der Waals surface area contributed by atoms with Crippen LogP contribution in [0.5, 0.6) is 0 Å². The molecule has 0 aromatic heterocycles. The molecule has 1 aliphatic rings. The lowest BCUT2D eigenvalue weighted by atomic mass is 9.53. The lowest BCUT2D eigenvalue weighted by Crippen LogP contribution is -2.58. The maximum atomic E-state index is 5.39. The molecule has 0 amide bonds. The van der Waals surface area contributed by atoms with Gasteiger partial charge in [0.2, 0.25) is 0 Å². The predicted octanol–water partition coefficient (Wildman–Crippen LogP) is 2.82. The molecular formula is C11H22O2. The van der Waals surface area contributed by atoms with Gasteiger partial charge < -0.3 is 9.47 Å². The number of rotatable bonds is 2. The maximum Gasteiger partial charge on any atom is 0.168 e. The van der Waals surface area contributed by atoms with Crippen LogP contribution in [0.15, 0.2) is 0 Å². The molecule has 0 radical (unpaired) electrons. The summed E-state index contributed by atoms with van der Waals surface area (Å²) in [7, 11) is 3.46. The lowest BCUT2D eigenvalue weighted by molar-refractivity contribution is -0.311. The van der Waals surface area contributed by atoms with E-state index < -0.39 is 0 Å². The molecule has 0 bridgehead atoms. The minimum Gasteiger partial charge on any atom is -0.353 e. The van der Waals surface area contributed by atoms with Gasteiger partial charge in [-0.25, -0.2) is 0 Å². The summed E-state index contributed by atoms with van der Waals surface area (Å²) < 4.78 is 10.8. The Labute approximate surface area is 81.6 Å². The quantitative estimate of drug-likeness (QED) is 0.617. The predicted molar refractivity (Wildman–Crippen MR) is 53.5 cm³/mol. The number of methoxy groups -OCH3 is 2. The standard InChI is InChI=1S/C11H22O2/c1-9(2,3)10(4)7-11(8-10,12-5)13-6/h7-8H2,1-6H3. The summed E-state index contributed by atoms with van der Waals surface area (Å²) in [5.41, 5.74) is 0.673. The van der Waals surface area contributed by atoms with Crippen LogP contribution in [-0.2, 0) is 9.47 Å². The van der Waals surface area contributed by atoms with Crippen LogP contribution in [0.4, 0.5) is 0 Å². The molecule has 0 heterocycles. The van der Waals surface area contributed by atoms with Gasteiger partial charge in [-0.2, -0.15) is 0 Å². The van der Waals surface area contributed by atoms with Crippen LogP contribution in [0.2, 0.25) is 0 Å². The molecule has 1 fully saturated rings. The highest BCUT2D eigenvalue weighted by atomic mass is 16.7. The Bertz CT molecular complexity index is 179. The third kappa shape index (κ3) is 1.62. The normalized spacial score (nSPS) is 25.4. The smallest absolute Gasteiger partial charge is 0.168 e. The molecule has 1 rings (SSSR count). The first-order chi connectivity index (χ1) is 5.79. The van der Waals surface area contributed by atoms with Crippen molar-refractivity contribution >= 4 is 0 Å². The van der Waals surface area contributed by atoms with E-state index in [1.165, 1.54) is 0 Å². The average molecular weight is 186 g/mol. The van der Waals surface area contributed by atoms with E-state index in [1.54, 1.807) is 14.2 Å². The van der Waals surface area contributed by atoms with Crippen molar-refractivity contribution in [1.82, 2.24) is 0 Å². The first-order valence-electron chi connectivity index (χ1n) is 4.89. The molecule has 0 spiro atoms. The molecule has 0 N–H and O–H groups in total. The lowest BCUT2D eigenvalue weighted by Gasteiger charge is -2.58. The molecular weight excluding hydrogens is 164 g/mol. The van der Waals surface area contributed by atoms with E-state index in [1.807, 2.05) is 0 Å². The zero-order valence-electron chi connectivity index (χ0n) is 9.73. The minimum atomic E-state index is -0.304. The Kier molecular flexibility index (Phi) is 2.50. The summed E-state index contributed by atoms with van der Waals surface area (Å²) in [6.07, 6.45) is 1.99. The van der Waals surface area contributed by atoms with Crippen molar-refractivity contribution in [1.29, 1.82) is 0 Å². The van der Waals surface area contributed by atoms with Gasteiger partial charge in [0, 0.05) is 27.1 Å².